The number of carbonyl (C=O) groups is 1. The first-order valence-electron chi connectivity index (χ1n) is 10.0. The number of aromatic amines is 1. The molecular weight excluding hydrogens is 458 g/mol. The van der Waals surface area contributed by atoms with Crippen molar-refractivity contribution in [2.24, 2.45) is 0 Å². The fraction of sp³-hybridized carbons (Fsp3) is 0.217. The smallest absolute Gasteiger partial charge is 0.277 e. The van der Waals surface area contributed by atoms with Crippen LogP contribution in [0, 0.1) is 6.92 Å². The molecular formula is C23H22BrN5O2. The number of fused-ring (bicyclic) bond motifs is 1. The Bertz CT molecular complexity index is 1280. The first-order chi connectivity index (χ1) is 15.0. The maximum Gasteiger partial charge on any atom is 0.277 e. The van der Waals surface area contributed by atoms with Gasteiger partial charge in [-0.3, -0.25) is 19.6 Å². The monoisotopic (exact) mass is 479 g/mol. The Morgan fingerprint density at radius 1 is 1.06 bits per heavy atom. The summed E-state index contributed by atoms with van der Waals surface area (Å²) in [6.45, 7) is 3.95. The van der Waals surface area contributed by atoms with Crippen molar-refractivity contribution in [2.75, 3.05) is 4.90 Å². The van der Waals surface area contributed by atoms with Crippen LogP contribution in [-0.2, 0) is 17.8 Å². The number of H-pyrrole nitrogens is 1. The van der Waals surface area contributed by atoms with E-state index in [0.717, 1.165) is 15.6 Å². The molecule has 2 heterocycles. The van der Waals surface area contributed by atoms with E-state index in [0.29, 0.717) is 36.6 Å². The molecule has 0 aliphatic heterocycles. The SMILES string of the molecule is CCC(=O)N(Cc1ccc(Br)cc1)c1nc2nc(C)c(Cc3ccccc3)c(=O)n2[nH]1. The normalized spacial score (nSPS) is 11.1. The van der Waals surface area contributed by atoms with Crippen molar-refractivity contribution in [3.05, 3.63) is 91.8 Å². The summed E-state index contributed by atoms with van der Waals surface area (Å²) in [4.78, 5) is 36.4. The summed E-state index contributed by atoms with van der Waals surface area (Å²) in [6.07, 6.45) is 0.792. The molecule has 0 radical (unpaired) electrons. The number of aromatic nitrogens is 4. The minimum Gasteiger partial charge on any atom is -0.277 e. The van der Waals surface area contributed by atoms with Gasteiger partial charge in [0.05, 0.1) is 12.2 Å². The van der Waals surface area contributed by atoms with Gasteiger partial charge in [-0.1, -0.05) is 65.3 Å². The molecule has 2 aromatic carbocycles. The average molecular weight is 480 g/mol. The summed E-state index contributed by atoms with van der Waals surface area (Å²) < 4.78 is 2.28. The van der Waals surface area contributed by atoms with E-state index < -0.39 is 0 Å². The van der Waals surface area contributed by atoms with Gasteiger partial charge in [0.1, 0.15) is 0 Å². The summed E-state index contributed by atoms with van der Waals surface area (Å²) >= 11 is 3.42. The van der Waals surface area contributed by atoms with Gasteiger partial charge in [0.25, 0.3) is 11.3 Å². The molecule has 8 heteroatoms. The number of anilines is 1. The van der Waals surface area contributed by atoms with Gasteiger partial charge in [0, 0.05) is 22.9 Å². The van der Waals surface area contributed by atoms with Gasteiger partial charge in [-0.05, 0) is 30.2 Å². The van der Waals surface area contributed by atoms with Crippen molar-refractivity contribution < 1.29 is 4.79 Å². The molecule has 0 bridgehead atoms. The fourth-order valence-electron chi connectivity index (χ4n) is 3.41. The lowest BCUT2D eigenvalue weighted by Crippen LogP contribution is -2.31. The summed E-state index contributed by atoms with van der Waals surface area (Å²) in [7, 11) is 0. The largest absolute Gasteiger partial charge is 0.277 e. The number of nitrogens with one attached hydrogen (secondary N) is 1. The lowest BCUT2D eigenvalue weighted by molar-refractivity contribution is -0.118. The molecule has 4 rings (SSSR count). The molecule has 0 atom stereocenters. The van der Waals surface area contributed by atoms with Crippen molar-refractivity contribution in [3.8, 4) is 0 Å². The second kappa shape index (κ2) is 8.85. The maximum atomic E-state index is 13.2. The number of aryl methyl sites for hydroxylation is 1. The fourth-order valence-corrected chi connectivity index (χ4v) is 3.68. The molecule has 31 heavy (non-hydrogen) atoms. The first-order valence-corrected chi connectivity index (χ1v) is 10.8. The molecule has 0 fully saturated rings. The summed E-state index contributed by atoms with van der Waals surface area (Å²) in [5.41, 5.74) is 3.00. The van der Waals surface area contributed by atoms with E-state index in [-0.39, 0.29) is 17.2 Å². The van der Waals surface area contributed by atoms with Gasteiger partial charge >= 0.3 is 0 Å². The van der Waals surface area contributed by atoms with E-state index in [4.69, 9.17) is 0 Å². The van der Waals surface area contributed by atoms with Crippen LogP contribution in [0.1, 0.15) is 35.7 Å². The van der Waals surface area contributed by atoms with Crippen LogP contribution in [-0.4, -0.2) is 25.5 Å². The van der Waals surface area contributed by atoms with Crippen LogP contribution in [0.5, 0.6) is 0 Å². The number of hydrogen-bond acceptors (Lipinski definition) is 4. The molecule has 0 spiro atoms. The number of halogens is 1. The molecule has 0 saturated carbocycles. The van der Waals surface area contributed by atoms with Crippen molar-refractivity contribution in [2.45, 2.75) is 33.2 Å². The number of nitrogens with zero attached hydrogens (tertiary/aromatic N) is 4. The molecule has 7 nitrogen and oxygen atoms in total. The van der Waals surface area contributed by atoms with Crippen molar-refractivity contribution in [3.63, 3.8) is 0 Å². The van der Waals surface area contributed by atoms with Crippen LogP contribution in [0.4, 0.5) is 5.95 Å². The van der Waals surface area contributed by atoms with Gasteiger partial charge in [0.15, 0.2) is 0 Å². The zero-order valence-electron chi connectivity index (χ0n) is 17.3. The molecule has 1 amide bonds. The number of carbonyl (C=O) groups excluding carboxylic acids is 1. The van der Waals surface area contributed by atoms with E-state index >= 15 is 0 Å². The Morgan fingerprint density at radius 3 is 2.45 bits per heavy atom. The van der Waals surface area contributed by atoms with Gasteiger partial charge in [-0.25, -0.2) is 4.98 Å². The van der Waals surface area contributed by atoms with Crippen molar-refractivity contribution in [1.29, 1.82) is 0 Å². The van der Waals surface area contributed by atoms with Crippen LogP contribution in [0.25, 0.3) is 5.78 Å². The molecule has 0 saturated heterocycles. The molecule has 158 valence electrons. The molecule has 4 aromatic rings. The van der Waals surface area contributed by atoms with Crippen LogP contribution >= 0.6 is 15.9 Å². The molecule has 0 aliphatic carbocycles. The average Bonchev–Trinajstić information content (AvgIpc) is 3.20. The highest BCUT2D eigenvalue weighted by Crippen LogP contribution is 2.18. The minimum absolute atomic E-state index is 0.101. The highest BCUT2D eigenvalue weighted by atomic mass is 79.9. The lowest BCUT2D eigenvalue weighted by atomic mass is 10.1. The Hall–Kier alpha value is -3.26. The van der Waals surface area contributed by atoms with Gasteiger partial charge in [-0.15, -0.1) is 0 Å². The lowest BCUT2D eigenvalue weighted by Gasteiger charge is -2.19. The second-order valence-corrected chi connectivity index (χ2v) is 8.20. The number of rotatable bonds is 6. The van der Waals surface area contributed by atoms with Crippen LogP contribution in [0.3, 0.4) is 0 Å². The van der Waals surface area contributed by atoms with Gasteiger partial charge in [-0.2, -0.15) is 9.50 Å². The van der Waals surface area contributed by atoms with Gasteiger partial charge < -0.3 is 0 Å². The third-order valence-corrected chi connectivity index (χ3v) is 5.65. The van der Waals surface area contributed by atoms with Crippen molar-refractivity contribution >= 4 is 33.6 Å². The zero-order chi connectivity index (χ0) is 22.0. The Balaban J connectivity index is 1.74. The Morgan fingerprint density at radius 2 is 1.77 bits per heavy atom. The third kappa shape index (κ3) is 4.44. The van der Waals surface area contributed by atoms with E-state index in [1.165, 1.54) is 4.52 Å². The van der Waals surface area contributed by atoms with E-state index in [1.54, 1.807) is 11.8 Å². The Labute approximate surface area is 187 Å². The topological polar surface area (TPSA) is 83.4 Å². The summed E-state index contributed by atoms with van der Waals surface area (Å²) in [6, 6.07) is 17.5. The van der Waals surface area contributed by atoms with E-state index in [2.05, 4.69) is 31.0 Å². The highest BCUT2D eigenvalue weighted by molar-refractivity contribution is 9.10. The second-order valence-electron chi connectivity index (χ2n) is 7.29. The number of benzene rings is 2. The van der Waals surface area contributed by atoms with Gasteiger partial charge in [0.2, 0.25) is 11.9 Å². The highest BCUT2D eigenvalue weighted by Gasteiger charge is 2.21. The zero-order valence-corrected chi connectivity index (χ0v) is 18.9. The molecule has 1 N–H and O–H groups in total. The number of amides is 1. The third-order valence-electron chi connectivity index (χ3n) is 5.12. The first kappa shape index (κ1) is 21.0. The van der Waals surface area contributed by atoms with E-state index in [1.807, 2.05) is 61.5 Å². The van der Waals surface area contributed by atoms with Crippen LogP contribution < -0.4 is 10.5 Å². The molecule has 0 aliphatic rings. The molecule has 2 aromatic heterocycles. The van der Waals surface area contributed by atoms with Crippen LogP contribution in [0.15, 0.2) is 63.9 Å². The summed E-state index contributed by atoms with van der Waals surface area (Å²) in [5.74, 6) is 0.450. The number of hydrogen-bond donors (Lipinski definition) is 1. The molecule has 0 unspecified atom stereocenters. The Kier molecular flexibility index (Phi) is 5.99. The minimum atomic E-state index is -0.211. The van der Waals surface area contributed by atoms with E-state index in [9.17, 15) is 9.59 Å². The van der Waals surface area contributed by atoms with Crippen molar-refractivity contribution in [1.82, 2.24) is 19.6 Å². The quantitative estimate of drug-likeness (QED) is 0.452. The van der Waals surface area contributed by atoms with Crippen LogP contribution in [0.2, 0.25) is 0 Å². The predicted octanol–water partition coefficient (Wildman–Crippen LogP) is 4.02. The standard InChI is InChI=1S/C23H22BrN5O2/c1-3-20(30)28(14-17-9-11-18(24)12-10-17)23-26-22-25-15(2)19(21(31)29(22)27-23)13-16-7-5-4-6-8-16/h4-12H,3,13-14H2,1-2H3,(H,25,26,27). The summed E-state index contributed by atoms with van der Waals surface area (Å²) in [5, 5.41) is 2.99. The maximum absolute atomic E-state index is 13.2. The predicted molar refractivity (Wildman–Crippen MR) is 123 cm³/mol.